The molecule has 0 aromatic rings. The van der Waals surface area contributed by atoms with Crippen LogP contribution in [0, 0.1) is 0 Å². The number of hydrogen-bond acceptors (Lipinski definition) is 6. The summed E-state index contributed by atoms with van der Waals surface area (Å²) in [5, 5.41) is 0. The fourth-order valence-electron chi connectivity index (χ4n) is 0. The van der Waals surface area contributed by atoms with Gasteiger partial charge in [0, 0.05) is 0 Å². The molecule has 31 heteroatoms. The molecule has 0 radical (unpaired) electrons. The van der Waals surface area contributed by atoms with E-state index >= 15 is 0 Å². The zero-order chi connectivity index (χ0) is 13.5. The monoisotopic (exact) mass is 633 g/mol. The first-order chi connectivity index (χ1) is 6.00. The molecule has 0 heterocycles. The zero-order valence-electron chi connectivity index (χ0n) is 14.3. The third kappa shape index (κ3) is 3570. The van der Waals surface area contributed by atoms with Crippen LogP contribution in [0.1, 0.15) is 0 Å². The zero-order valence-corrected chi connectivity index (χ0v) is 24.9. The van der Waals surface area contributed by atoms with E-state index in [4.69, 9.17) is 52.6 Å². The minimum absolute atomic E-state index is 0. The molecule has 0 spiro atoms. The van der Waals surface area contributed by atoms with Gasteiger partial charge < -0.3 is 49.3 Å². The average Bonchev–Trinajstić information content (AvgIpc) is 1.41. The van der Waals surface area contributed by atoms with E-state index in [9.17, 15) is 0 Å². The molecule has 12 N–H and O–H groups in total. The van der Waals surface area contributed by atoms with Gasteiger partial charge in [-0.25, -0.2) is 0 Å². The number of rotatable bonds is 0. The minimum atomic E-state index is -4.67. The molecule has 0 aromatic heterocycles. The summed E-state index contributed by atoms with van der Waals surface area (Å²) in [5.41, 5.74) is 0. The molecule has 0 atom stereocenters. The van der Waals surface area contributed by atoms with Crippen LogP contribution in [0.4, 0.5) is 0 Å². The van der Waals surface area contributed by atoms with Gasteiger partial charge in [0.25, 0.3) is 0 Å². The van der Waals surface area contributed by atoms with E-state index in [1.807, 2.05) is 0 Å². The van der Waals surface area contributed by atoms with E-state index in [0.717, 1.165) is 0 Å². The molecule has 21 nitrogen and oxygen atoms in total. The third-order valence-corrected chi connectivity index (χ3v) is 0. The van der Waals surface area contributed by atoms with E-state index in [0.29, 0.717) is 0 Å². The van der Waals surface area contributed by atoms with Crippen LogP contribution in [-0.4, -0.2) is 191 Å². The molecular formula is H12Al7O21S3+9. The Morgan fingerprint density at radius 2 is 0.290 bits per heavy atom. The summed E-state index contributed by atoms with van der Waals surface area (Å²) >= 11 is 0. The molecule has 0 aromatic carbocycles. The van der Waals surface area contributed by atoms with E-state index in [1.165, 1.54) is 0 Å². The first kappa shape index (κ1) is 165. The predicted molar refractivity (Wildman–Crippen MR) is 97.8 cm³/mol. The molecule has 0 aliphatic heterocycles. The van der Waals surface area contributed by atoms with E-state index in [2.05, 4.69) is 0 Å². The molecule has 168 valence electrons. The molecule has 0 bridgehead atoms. The van der Waals surface area contributed by atoms with Crippen LogP contribution in [-0.2, 0) is 64.1 Å². The SMILES string of the molecule is O.O.O.O=S(=O)(O)O.O=S(=O)(O)O.O=S(=O)(O)O.[Al+3].[Al+3].[Al+3].[Al+3].[Al+3].[Al+3].[Al+3].[O-2].[O-2].[O-2].[O-2].[O-2].[O-2]. The van der Waals surface area contributed by atoms with E-state index in [1.54, 1.807) is 0 Å². The summed E-state index contributed by atoms with van der Waals surface area (Å²) in [7, 11) is -14.0. The van der Waals surface area contributed by atoms with Crippen LogP contribution in [0.2, 0.25) is 0 Å². The Morgan fingerprint density at radius 1 is 0.290 bits per heavy atom. The van der Waals surface area contributed by atoms with Gasteiger partial charge in [-0.05, 0) is 0 Å². The molecule has 0 amide bonds. The smallest absolute Gasteiger partial charge is 2.00 e. The summed E-state index contributed by atoms with van der Waals surface area (Å²) < 4.78 is 94.8. The van der Waals surface area contributed by atoms with Crippen molar-refractivity contribution in [2.24, 2.45) is 0 Å². The summed E-state index contributed by atoms with van der Waals surface area (Å²) in [4.78, 5) is 0. The van der Waals surface area contributed by atoms with Crippen molar-refractivity contribution in [1.29, 1.82) is 0 Å². The van der Waals surface area contributed by atoms with Gasteiger partial charge in [0.2, 0.25) is 0 Å². The second-order valence-electron chi connectivity index (χ2n) is 1.34. The molecular weight excluding hydrogens is 621 g/mol. The molecule has 0 aliphatic carbocycles. The van der Waals surface area contributed by atoms with Crippen LogP contribution in [0.3, 0.4) is 0 Å². The van der Waals surface area contributed by atoms with Crippen LogP contribution in [0.25, 0.3) is 0 Å². The summed E-state index contributed by atoms with van der Waals surface area (Å²) in [6, 6.07) is 0. The van der Waals surface area contributed by atoms with Crippen molar-refractivity contribution in [2.45, 2.75) is 0 Å². The largest absolute Gasteiger partial charge is 3.00 e. The predicted octanol–water partition coefficient (Wildman–Crippen LogP) is -7.81. The van der Waals surface area contributed by atoms with E-state index < -0.39 is 31.2 Å². The Balaban J connectivity index is -0.00000000326. The van der Waals surface area contributed by atoms with Gasteiger partial charge in [0.1, 0.15) is 0 Å². The Morgan fingerprint density at radius 3 is 0.290 bits per heavy atom. The Labute approximate surface area is 252 Å². The Bertz CT molecular complexity index is 358. The van der Waals surface area contributed by atoms with Crippen molar-refractivity contribution < 1.29 is 102 Å². The Hall–Kier alpha value is 2.98. The van der Waals surface area contributed by atoms with Gasteiger partial charge in [-0.15, -0.1) is 0 Å². The van der Waals surface area contributed by atoms with Gasteiger partial charge >= 0.3 is 153 Å². The first-order valence-corrected chi connectivity index (χ1v) is 6.29. The Kier molecular flexibility index (Phi) is 407. The maximum Gasteiger partial charge on any atom is 3.00 e. The topological polar surface area (TPSA) is 489 Å². The second kappa shape index (κ2) is 76.6. The van der Waals surface area contributed by atoms with Crippen molar-refractivity contribution in [3.05, 3.63) is 0 Å². The molecule has 0 fully saturated rings. The van der Waals surface area contributed by atoms with Crippen LogP contribution < -0.4 is 0 Å². The maximum absolute atomic E-state index is 8.74. The molecule has 0 unspecified atom stereocenters. The second-order valence-corrected chi connectivity index (χ2v) is 4.03. The fraction of sp³-hybridized carbons (Fsp3) is 0. The minimum Gasteiger partial charge on any atom is -2.00 e. The van der Waals surface area contributed by atoms with Gasteiger partial charge in [0.15, 0.2) is 0 Å². The maximum atomic E-state index is 8.74. The fourth-order valence-corrected chi connectivity index (χ4v) is 0. The van der Waals surface area contributed by atoms with Crippen molar-refractivity contribution in [2.75, 3.05) is 0 Å². The normalized spacial score (nSPS) is 5.61. The molecule has 0 rings (SSSR count). The first-order valence-electron chi connectivity index (χ1n) is 2.10. The van der Waals surface area contributed by atoms with Crippen LogP contribution in [0.15, 0.2) is 0 Å². The summed E-state index contributed by atoms with van der Waals surface area (Å²) in [6.07, 6.45) is 0. The van der Waals surface area contributed by atoms with Gasteiger partial charge in [-0.1, -0.05) is 0 Å². The molecule has 0 saturated heterocycles. The third-order valence-electron chi connectivity index (χ3n) is 0. The molecule has 31 heavy (non-hydrogen) atoms. The summed E-state index contributed by atoms with van der Waals surface area (Å²) in [5.74, 6) is 0. The van der Waals surface area contributed by atoms with Crippen LogP contribution >= 0.6 is 0 Å². The van der Waals surface area contributed by atoms with Gasteiger partial charge in [-0.3, -0.25) is 27.3 Å². The molecule has 0 saturated carbocycles. The standard InChI is InChI=1S/7Al.3H2O4S.3H2O.6O/c;;;;;;;3*1-5(2,3)4;;;;;;;;;/h;;;;;;;3*(H2,1,2,3,4);3*1H2;;;;;;/q7*+3;;;;;;;6*-2. The van der Waals surface area contributed by atoms with Crippen molar-refractivity contribution in [3.8, 4) is 0 Å². The van der Waals surface area contributed by atoms with E-state index in [-0.39, 0.29) is 171 Å². The van der Waals surface area contributed by atoms with Crippen molar-refractivity contribution in [3.63, 3.8) is 0 Å². The van der Waals surface area contributed by atoms with Crippen molar-refractivity contribution >= 4 is 153 Å². The average molecular weight is 633 g/mol. The quantitative estimate of drug-likeness (QED) is 0.107. The van der Waals surface area contributed by atoms with Crippen LogP contribution in [0.5, 0.6) is 0 Å². The van der Waals surface area contributed by atoms with Crippen molar-refractivity contribution in [1.82, 2.24) is 0 Å². The molecule has 0 aliphatic rings. The number of hydrogen-bond donors (Lipinski definition) is 6. The van der Waals surface area contributed by atoms with Gasteiger partial charge in [-0.2, -0.15) is 25.3 Å². The summed E-state index contributed by atoms with van der Waals surface area (Å²) in [6.45, 7) is 0. The van der Waals surface area contributed by atoms with Gasteiger partial charge in [0.05, 0.1) is 0 Å².